The van der Waals surface area contributed by atoms with Crippen molar-refractivity contribution >= 4 is 22.6 Å². The van der Waals surface area contributed by atoms with Crippen molar-refractivity contribution < 1.29 is 23.4 Å². The quantitative estimate of drug-likeness (QED) is 0.772. The molecule has 0 aliphatic rings. The molecule has 0 aliphatic carbocycles. The number of aromatic hydroxyl groups is 1. The number of nitrogens with zero attached hydrogens (tertiary/aromatic N) is 1. The summed E-state index contributed by atoms with van der Waals surface area (Å²) in [6.45, 7) is 0. The number of amides is 1. The predicted octanol–water partition coefficient (Wildman–Crippen LogP) is 2.62. The van der Waals surface area contributed by atoms with Crippen LogP contribution in [-0.2, 0) is 0 Å². The Morgan fingerprint density at radius 1 is 1.25 bits per heavy atom. The van der Waals surface area contributed by atoms with Crippen LogP contribution in [0.3, 0.4) is 0 Å². The van der Waals surface area contributed by atoms with Crippen molar-refractivity contribution in [3.05, 3.63) is 59.4 Å². The Kier molecular flexibility index (Phi) is 3.91. The fraction of sp³-hybridized carbons (Fsp3) is 0.0588. The van der Waals surface area contributed by atoms with Gasteiger partial charge in [-0.1, -0.05) is 0 Å². The highest BCUT2D eigenvalue weighted by atomic mass is 19.1. The number of carbonyl (C=O) groups is 1. The van der Waals surface area contributed by atoms with Gasteiger partial charge in [0, 0.05) is 17.5 Å². The van der Waals surface area contributed by atoms with Crippen molar-refractivity contribution in [1.82, 2.24) is 0 Å². The summed E-state index contributed by atoms with van der Waals surface area (Å²) in [5.74, 6) is -1.26. The maximum Gasteiger partial charge on any atom is 0.254 e. The van der Waals surface area contributed by atoms with Crippen molar-refractivity contribution in [2.24, 2.45) is 10.7 Å². The van der Waals surface area contributed by atoms with Crippen LogP contribution < -0.4 is 16.0 Å². The first-order chi connectivity index (χ1) is 11.5. The van der Waals surface area contributed by atoms with E-state index in [9.17, 15) is 14.3 Å². The number of phenols is 1. The number of primary amides is 1. The molecule has 0 saturated heterocycles. The number of nitrogens with two attached hydrogens (primary N) is 1. The summed E-state index contributed by atoms with van der Waals surface area (Å²) in [7, 11) is 1.35. The second-order valence-corrected chi connectivity index (χ2v) is 4.98. The molecule has 1 amide bonds. The van der Waals surface area contributed by atoms with Crippen molar-refractivity contribution in [3.8, 4) is 11.5 Å². The van der Waals surface area contributed by atoms with Gasteiger partial charge in [-0.25, -0.2) is 9.38 Å². The molecule has 3 rings (SSSR count). The molecule has 0 fully saturated rings. The highest BCUT2D eigenvalue weighted by Gasteiger charge is 2.10. The summed E-state index contributed by atoms with van der Waals surface area (Å²) in [6.07, 6.45) is 0. The molecule has 7 heteroatoms. The van der Waals surface area contributed by atoms with Crippen LogP contribution in [-0.4, -0.2) is 18.1 Å². The van der Waals surface area contributed by atoms with Gasteiger partial charge < -0.3 is 20.0 Å². The lowest BCUT2D eigenvalue weighted by atomic mass is 10.1. The van der Waals surface area contributed by atoms with Gasteiger partial charge in [-0.3, -0.25) is 4.79 Å². The molecule has 3 aromatic rings. The maximum atomic E-state index is 13.8. The van der Waals surface area contributed by atoms with Gasteiger partial charge >= 0.3 is 0 Å². The average molecular weight is 328 g/mol. The molecule has 0 aliphatic heterocycles. The highest BCUT2D eigenvalue weighted by molar-refractivity contribution is 5.95. The van der Waals surface area contributed by atoms with E-state index < -0.39 is 11.7 Å². The van der Waals surface area contributed by atoms with Gasteiger partial charge in [0.1, 0.15) is 16.9 Å². The molecule has 0 unspecified atom stereocenters. The molecule has 0 radical (unpaired) electrons. The van der Waals surface area contributed by atoms with Gasteiger partial charge in [0.15, 0.2) is 11.6 Å². The minimum Gasteiger partial charge on any atom is -0.508 e. The molecule has 0 saturated carbocycles. The number of hydrogen-bond donors (Lipinski definition) is 2. The number of ether oxygens (including phenoxy) is 1. The Bertz CT molecular complexity index is 1010. The van der Waals surface area contributed by atoms with E-state index in [1.807, 2.05) is 0 Å². The SMILES string of the molecule is COc1ccc(N=c2oc3cc(O)ccc3cc2C(N)=O)cc1F. The lowest BCUT2D eigenvalue weighted by Crippen LogP contribution is -2.21. The van der Waals surface area contributed by atoms with E-state index in [2.05, 4.69) is 4.99 Å². The van der Waals surface area contributed by atoms with Crippen LogP contribution in [0.25, 0.3) is 11.0 Å². The first-order valence-corrected chi connectivity index (χ1v) is 6.93. The van der Waals surface area contributed by atoms with E-state index in [-0.39, 0.29) is 28.3 Å². The topological polar surface area (TPSA) is 98.1 Å². The molecule has 1 aromatic heterocycles. The molecular weight excluding hydrogens is 315 g/mol. The number of methoxy groups -OCH3 is 1. The third kappa shape index (κ3) is 2.91. The Morgan fingerprint density at radius 3 is 2.71 bits per heavy atom. The highest BCUT2D eigenvalue weighted by Crippen LogP contribution is 2.23. The monoisotopic (exact) mass is 328 g/mol. The molecule has 0 bridgehead atoms. The summed E-state index contributed by atoms with van der Waals surface area (Å²) in [4.78, 5) is 15.8. The Balaban J connectivity index is 2.24. The lowest BCUT2D eigenvalue weighted by molar-refractivity contribution is 0.0996. The Hall–Kier alpha value is -3.35. The van der Waals surface area contributed by atoms with Crippen LogP contribution in [0.1, 0.15) is 10.4 Å². The summed E-state index contributed by atoms with van der Waals surface area (Å²) < 4.78 is 24.2. The molecule has 2 aromatic carbocycles. The van der Waals surface area contributed by atoms with E-state index in [1.54, 1.807) is 6.07 Å². The van der Waals surface area contributed by atoms with E-state index in [1.165, 1.54) is 37.4 Å². The van der Waals surface area contributed by atoms with Crippen molar-refractivity contribution in [3.63, 3.8) is 0 Å². The number of phenolic OH excluding ortho intramolecular Hbond substituents is 1. The number of rotatable bonds is 3. The minimum absolute atomic E-state index is 0.000447. The Morgan fingerprint density at radius 2 is 2.04 bits per heavy atom. The number of benzene rings is 2. The first kappa shape index (κ1) is 15.5. The summed E-state index contributed by atoms with van der Waals surface area (Å²) in [5, 5.41) is 10.1. The number of hydrogen-bond acceptors (Lipinski definition) is 5. The normalized spacial score (nSPS) is 11.7. The fourth-order valence-corrected chi connectivity index (χ4v) is 2.21. The van der Waals surface area contributed by atoms with Gasteiger partial charge in [0.05, 0.1) is 12.8 Å². The van der Waals surface area contributed by atoms with Crippen molar-refractivity contribution in [2.75, 3.05) is 7.11 Å². The number of halogens is 1. The summed E-state index contributed by atoms with van der Waals surface area (Å²) >= 11 is 0. The van der Waals surface area contributed by atoms with Crippen LogP contribution in [0.2, 0.25) is 0 Å². The number of fused-ring (bicyclic) bond motifs is 1. The zero-order chi connectivity index (χ0) is 17.3. The predicted molar refractivity (Wildman–Crippen MR) is 84.6 cm³/mol. The lowest BCUT2D eigenvalue weighted by Gasteiger charge is -2.04. The molecule has 0 spiro atoms. The molecule has 3 N–H and O–H groups in total. The van der Waals surface area contributed by atoms with Gasteiger partial charge in [0.2, 0.25) is 5.55 Å². The molecule has 122 valence electrons. The fourth-order valence-electron chi connectivity index (χ4n) is 2.21. The molecule has 0 atom stereocenters. The summed E-state index contributed by atoms with van der Waals surface area (Å²) in [6, 6.07) is 9.98. The van der Waals surface area contributed by atoms with Crippen LogP contribution in [0.4, 0.5) is 10.1 Å². The average Bonchev–Trinajstić information content (AvgIpc) is 2.54. The standard InChI is InChI=1S/C17H13FN2O4/c1-23-14-5-3-10(7-13(14)18)20-17-12(16(19)22)6-9-2-4-11(21)8-15(9)24-17/h2-8,21H,1H3,(H2,19,22). The third-order valence-corrected chi connectivity index (χ3v) is 3.37. The smallest absolute Gasteiger partial charge is 0.254 e. The molecule has 1 heterocycles. The van der Waals surface area contributed by atoms with Gasteiger partial charge in [-0.05, 0) is 30.3 Å². The van der Waals surface area contributed by atoms with E-state index in [0.29, 0.717) is 11.0 Å². The van der Waals surface area contributed by atoms with Crippen molar-refractivity contribution in [2.45, 2.75) is 0 Å². The van der Waals surface area contributed by atoms with Gasteiger partial charge in [-0.15, -0.1) is 0 Å². The summed E-state index contributed by atoms with van der Waals surface area (Å²) in [5.41, 5.74) is 5.86. The molecular formula is C17H13FN2O4. The molecule has 6 nitrogen and oxygen atoms in total. The van der Waals surface area contributed by atoms with Crippen LogP contribution in [0, 0.1) is 5.82 Å². The van der Waals surface area contributed by atoms with E-state index >= 15 is 0 Å². The van der Waals surface area contributed by atoms with Crippen LogP contribution >= 0.6 is 0 Å². The largest absolute Gasteiger partial charge is 0.508 e. The third-order valence-electron chi connectivity index (χ3n) is 3.37. The van der Waals surface area contributed by atoms with Gasteiger partial charge in [-0.2, -0.15) is 0 Å². The maximum absolute atomic E-state index is 13.8. The first-order valence-electron chi connectivity index (χ1n) is 6.93. The Labute approximate surface area is 135 Å². The second kappa shape index (κ2) is 6.04. The zero-order valence-electron chi connectivity index (χ0n) is 12.6. The van der Waals surface area contributed by atoms with E-state index in [4.69, 9.17) is 14.9 Å². The van der Waals surface area contributed by atoms with E-state index in [0.717, 1.165) is 6.07 Å². The second-order valence-electron chi connectivity index (χ2n) is 4.98. The van der Waals surface area contributed by atoms with Crippen LogP contribution in [0.15, 0.2) is 51.9 Å². The van der Waals surface area contributed by atoms with Crippen molar-refractivity contribution in [1.29, 1.82) is 0 Å². The number of carbonyl (C=O) groups excluding carboxylic acids is 1. The minimum atomic E-state index is -0.735. The molecule has 24 heavy (non-hydrogen) atoms. The van der Waals surface area contributed by atoms with Crippen LogP contribution in [0.5, 0.6) is 11.5 Å². The zero-order valence-corrected chi connectivity index (χ0v) is 12.6. The van der Waals surface area contributed by atoms with Gasteiger partial charge in [0.25, 0.3) is 5.91 Å².